The van der Waals surface area contributed by atoms with Crippen LogP contribution in [0.1, 0.15) is 25.3 Å². The lowest BCUT2D eigenvalue weighted by Crippen LogP contribution is -2.22. The van der Waals surface area contributed by atoms with Gasteiger partial charge in [0.25, 0.3) is 10.0 Å². The van der Waals surface area contributed by atoms with Crippen molar-refractivity contribution in [3.05, 3.63) is 29.8 Å². The Balaban J connectivity index is 2.20. The minimum absolute atomic E-state index is 0.264. The molecule has 1 aromatic carbocycles. The molecule has 18 heavy (non-hydrogen) atoms. The van der Waals surface area contributed by atoms with Gasteiger partial charge in [0.2, 0.25) is 0 Å². The number of hydrogen-bond donors (Lipinski definition) is 2. The molecule has 1 aliphatic heterocycles. The molecular formula is C12H16N2O3S. The fraction of sp³-hybridized carbons (Fsp3) is 0.417. The summed E-state index contributed by atoms with van der Waals surface area (Å²) in [6, 6.07) is 6.74. The van der Waals surface area contributed by atoms with Gasteiger partial charge in [-0.1, -0.05) is 19.1 Å². The van der Waals surface area contributed by atoms with E-state index in [1.165, 1.54) is 0 Å². The van der Waals surface area contributed by atoms with Crippen molar-refractivity contribution in [3.8, 4) is 0 Å². The Bertz CT molecular complexity index is 566. The van der Waals surface area contributed by atoms with E-state index >= 15 is 0 Å². The molecule has 0 amide bonds. The van der Waals surface area contributed by atoms with Gasteiger partial charge < -0.3 is 5.11 Å². The number of hydrogen-bond acceptors (Lipinski definition) is 4. The Labute approximate surface area is 107 Å². The van der Waals surface area contributed by atoms with E-state index < -0.39 is 10.0 Å². The first kappa shape index (κ1) is 13.0. The van der Waals surface area contributed by atoms with E-state index in [0.29, 0.717) is 30.8 Å². The molecule has 0 aliphatic carbocycles. The van der Waals surface area contributed by atoms with Crippen LogP contribution in [0.3, 0.4) is 0 Å². The molecule has 1 unspecified atom stereocenters. The summed E-state index contributed by atoms with van der Waals surface area (Å²) in [5, 5.41) is 9.42. The molecule has 0 spiro atoms. The van der Waals surface area contributed by atoms with Gasteiger partial charge in [0.05, 0.1) is 11.0 Å². The summed E-state index contributed by atoms with van der Waals surface area (Å²) in [5.41, 5.74) is 0.600. The topological polar surface area (TPSA) is 78.8 Å². The summed E-state index contributed by atoms with van der Waals surface area (Å²) >= 11 is 0. The first-order valence-electron chi connectivity index (χ1n) is 5.89. The second kappa shape index (κ2) is 5.07. The molecule has 0 saturated heterocycles. The normalized spacial score (nSPS) is 20.4. The molecule has 1 atom stereocenters. The summed E-state index contributed by atoms with van der Waals surface area (Å²) in [4.78, 5) is 4.48. The third kappa shape index (κ3) is 2.54. The molecule has 5 nitrogen and oxygen atoms in total. The molecule has 98 valence electrons. The van der Waals surface area contributed by atoms with Crippen molar-refractivity contribution in [2.75, 3.05) is 6.54 Å². The fourth-order valence-corrected chi connectivity index (χ4v) is 3.03. The van der Waals surface area contributed by atoms with Crippen LogP contribution in [0.5, 0.6) is 0 Å². The third-order valence-corrected chi connectivity index (χ3v) is 4.26. The average Bonchev–Trinajstić information content (AvgIpc) is 2.62. The Morgan fingerprint density at radius 3 is 2.83 bits per heavy atom. The number of fused-ring (bicyclic) bond motifs is 1. The SMILES string of the molecule is CCC(O)CCN=C1NS(=O)(=O)c2ccccc21. The van der Waals surface area contributed by atoms with E-state index in [1.54, 1.807) is 24.3 Å². The number of aliphatic imine (C=N–C) groups is 1. The summed E-state index contributed by atoms with van der Waals surface area (Å²) < 4.78 is 26.0. The zero-order chi connectivity index (χ0) is 13.2. The van der Waals surface area contributed by atoms with Gasteiger partial charge >= 0.3 is 0 Å². The van der Waals surface area contributed by atoms with Crippen molar-refractivity contribution >= 4 is 15.9 Å². The number of aliphatic hydroxyl groups excluding tert-OH is 1. The molecule has 2 N–H and O–H groups in total. The van der Waals surface area contributed by atoms with Gasteiger partial charge in [-0.05, 0) is 25.0 Å². The van der Waals surface area contributed by atoms with Crippen LogP contribution in [0, 0.1) is 0 Å². The summed E-state index contributed by atoms with van der Waals surface area (Å²) in [7, 11) is -3.45. The quantitative estimate of drug-likeness (QED) is 0.851. The largest absolute Gasteiger partial charge is 0.393 e. The van der Waals surface area contributed by atoms with Crippen LogP contribution in [0.4, 0.5) is 0 Å². The Hall–Kier alpha value is -1.40. The highest BCUT2D eigenvalue weighted by Crippen LogP contribution is 2.22. The molecule has 0 aromatic heterocycles. The Morgan fingerprint density at radius 1 is 1.39 bits per heavy atom. The monoisotopic (exact) mass is 268 g/mol. The Morgan fingerprint density at radius 2 is 2.11 bits per heavy atom. The van der Waals surface area contributed by atoms with Crippen molar-refractivity contribution in [2.24, 2.45) is 4.99 Å². The van der Waals surface area contributed by atoms with Crippen LogP contribution in [0.15, 0.2) is 34.2 Å². The van der Waals surface area contributed by atoms with Gasteiger partial charge in [-0.3, -0.25) is 9.71 Å². The lowest BCUT2D eigenvalue weighted by Gasteiger charge is -2.04. The average molecular weight is 268 g/mol. The number of benzene rings is 1. The zero-order valence-corrected chi connectivity index (χ0v) is 10.9. The third-order valence-electron chi connectivity index (χ3n) is 2.87. The predicted molar refractivity (Wildman–Crippen MR) is 69.1 cm³/mol. The number of sulfonamides is 1. The molecular weight excluding hydrogens is 252 g/mol. The molecule has 6 heteroatoms. The smallest absolute Gasteiger partial charge is 0.263 e. The summed E-state index contributed by atoms with van der Waals surface area (Å²) in [5.74, 6) is 0.369. The highest BCUT2D eigenvalue weighted by Gasteiger charge is 2.29. The first-order chi connectivity index (χ1) is 8.54. The lowest BCUT2D eigenvalue weighted by atomic mass is 10.2. The predicted octanol–water partition coefficient (Wildman–Crippen LogP) is 0.886. The van der Waals surface area contributed by atoms with Crippen molar-refractivity contribution < 1.29 is 13.5 Å². The van der Waals surface area contributed by atoms with Crippen molar-refractivity contribution in [1.29, 1.82) is 0 Å². The van der Waals surface area contributed by atoms with Crippen LogP contribution in [-0.2, 0) is 10.0 Å². The van der Waals surface area contributed by atoms with E-state index in [9.17, 15) is 13.5 Å². The number of nitrogens with one attached hydrogen (secondary N) is 1. The summed E-state index contributed by atoms with van der Waals surface area (Å²) in [6.07, 6.45) is 0.819. The number of aliphatic hydroxyl groups is 1. The van der Waals surface area contributed by atoms with Gasteiger partial charge in [0, 0.05) is 12.1 Å². The molecule has 1 heterocycles. The lowest BCUT2D eigenvalue weighted by molar-refractivity contribution is 0.163. The van der Waals surface area contributed by atoms with Crippen LogP contribution in [0.25, 0.3) is 0 Å². The second-order valence-electron chi connectivity index (χ2n) is 4.18. The molecule has 1 aliphatic rings. The molecule has 0 radical (unpaired) electrons. The van der Waals surface area contributed by atoms with Gasteiger partial charge in [-0.2, -0.15) is 0 Å². The molecule has 0 saturated carbocycles. The minimum Gasteiger partial charge on any atom is -0.393 e. The van der Waals surface area contributed by atoms with Crippen molar-refractivity contribution in [2.45, 2.75) is 30.8 Å². The highest BCUT2D eigenvalue weighted by molar-refractivity contribution is 7.90. The van der Waals surface area contributed by atoms with Gasteiger partial charge in [0.1, 0.15) is 5.84 Å². The summed E-state index contributed by atoms with van der Waals surface area (Å²) in [6.45, 7) is 2.30. The zero-order valence-electron chi connectivity index (χ0n) is 10.1. The maximum Gasteiger partial charge on any atom is 0.263 e. The van der Waals surface area contributed by atoms with Crippen molar-refractivity contribution in [3.63, 3.8) is 0 Å². The van der Waals surface area contributed by atoms with Gasteiger partial charge in [0.15, 0.2) is 0 Å². The van der Waals surface area contributed by atoms with Crippen LogP contribution in [0.2, 0.25) is 0 Å². The molecule has 0 bridgehead atoms. The second-order valence-corrected chi connectivity index (χ2v) is 5.83. The molecule has 1 aromatic rings. The maximum absolute atomic E-state index is 11.8. The van der Waals surface area contributed by atoms with E-state index in [1.807, 2.05) is 6.92 Å². The maximum atomic E-state index is 11.8. The standard InChI is InChI=1S/C12H16N2O3S/c1-2-9(15)7-8-13-12-10-5-3-4-6-11(10)18(16,17)14-12/h3-6,9,15H,2,7-8H2,1H3,(H,13,14). The number of rotatable bonds is 4. The minimum atomic E-state index is -3.45. The van der Waals surface area contributed by atoms with Crippen LogP contribution in [-0.4, -0.2) is 32.0 Å². The van der Waals surface area contributed by atoms with Crippen LogP contribution >= 0.6 is 0 Å². The Kier molecular flexibility index (Phi) is 3.68. The van der Waals surface area contributed by atoms with E-state index in [-0.39, 0.29) is 11.0 Å². The first-order valence-corrected chi connectivity index (χ1v) is 7.37. The molecule has 2 rings (SSSR count). The van der Waals surface area contributed by atoms with Crippen molar-refractivity contribution in [1.82, 2.24) is 4.72 Å². The van der Waals surface area contributed by atoms with E-state index in [4.69, 9.17) is 0 Å². The fourth-order valence-electron chi connectivity index (χ4n) is 1.78. The van der Waals surface area contributed by atoms with Gasteiger partial charge in [-0.25, -0.2) is 8.42 Å². The highest BCUT2D eigenvalue weighted by atomic mass is 32.2. The number of nitrogens with zero attached hydrogens (tertiary/aromatic N) is 1. The molecule has 0 fully saturated rings. The number of amidine groups is 1. The van der Waals surface area contributed by atoms with E-state index in [0.717, 1.165) is 0 Å². The van der Waals surface area contributed by atoms with E-state index in [2.05, 4.69) is 9.71 Å². The van der Waals surface area contributed by atoms with Crippen LogP contribution < -0.4 is 4.72 Å². The van der Waals surface area contributed by atoms with Gasteiger partial charge in [-0.15, -0.1) is 0 Å².